The molecule has 2 aromatic carbocycles. The average molecular weight is 597 g/mol. The summed E-state index contributed by atoms with van der Waals surface area (Å²) in [5.41, 5.74) is 0.311. The number of rotatable bonds is 14. The van der Waals surface area contributed by atoms with Crippen LogP contribution in [-0.2, 0) is 41.5 Å². The number of hydrogen-bond donors (Lipinski definition) is 5. The van der Waals surface area contributed by atoms with Crippen LogP contribution in [0.25, 0.3) is 0 Å². The van der Waals surface area contributed by atoms with Crippen LogP contribution in [0.4, 0.5) is 0 Å². The lowest BCUT2D eigenvalue weighted by Crippen LogP contribution is -2.57. The number of carbonyl (C=O) groups excluding carboxylic acids is 4. The van der Waals surface area contributed by atoms with Gasteiger partial charge in [-0.25, -0.2) is 0 Å². The van der Waals surface area contributed by atoms with E-state index >= 15 is 0 Å². The van der Waals surface area contributed by atoms with E-state index in [1.54, 1.807) is 6.92 Å². The predicted octanol–water partition coefficient (Wildman–Crippen LogP) is 0.438. The minimum atomic E-state index is -1.21. The number of epoxide rings is 1. The number of aromatic hydroxyl groups is 2. The highest BCUT2D eigenvalue weighted by Crippen LogP contribution is 2.29. The van der Waals surface area contributed by atoms with Gasteiger partial charge in [-0.2, -0.15) is 0 Å². The number of ketones is 1. The van der Waals surface area contributed by atoms with E-state index in [1.165, 1.54) is 19.1 Å². The third-order valence-corrected chi connectivity index (χ3v) is 7.66. The number of amides is 3. The molecule has 12 nitrogen and oxygen atoms in total. The van der Waals surface area contributed by atoms with Gasteiger partial charge in [-0.15, -0.1) is 0 Å². The normalized spacial score (nSPS) is 20.3. The number of nitrogens with one attached hydrogen (secondary N) is 3. The number of phenols is 2. The molecule has 0 bridgehead atoms. The molecule has 2 aliphatic heterocycles. The first kappa shape index (κ1) is 31.9. The maximum absolute atomic E-state index is 13.7. The van der Waals surface area contributed by atoms with Gasteiger partial charge in [0.05, 0.1) is 32.4 Å². The monoisotopic (exact) mass is 596 g/mol. The minimum absolute atomic E-state index is 0.109. The van der Waals surface area contributed by atoms with Gasteiger partial charge in [-0.05, 0) is 43.9 Å². The Morgan fingerprint density at radius 2 is 1.63 bits per heavy atom. The van der Waals surface area contributed by atoms with Crippen molar-refractivity contribution in [2.45, 2.75) is 56.8 Å². The number of morpholine rings is 1. The van der Waals surface area contributed by atoms with Crippen LogP contribution in [0.15, 0.2) is 48.5 Å². The Balaban J connectivity index is 1.46. The molecule has 0 spiro atoms. The zero-order valence-corrected chi connectivity index (χ0v) is 24.5. The summed E-state index contributed by atoms with van der Waals surface area (Å²) in [5.74, 6) is -2.27. The third kappa shape index (κ3) is 9.24. The zero-order chi connectivity index (χ0) is 31.0. The summed E-state index contributed by atoms with van der Waals surface area (Å²) >= 11 is 0. The van der Waals surface area contributed by atoms with Crippen LogP contribution in [0.1, 0.15) is 31.4 Å². The zero-order valence-electron chi connectivity index (χ0n) is 24.5. The van der Waals surface area contributed by atoms with Crippen molar-refractivity contribution in [2.75, 3.05) is 39.5 Å². The first-order chi connectivity index (χ1) is 20.5. The van der Waals surface area contributed by atoms with E-state index in [0.717, 1.165) is 11.6 Å². The third-order valence-electron chi connectivity index (χ3n) is 7.66. The van der Waals surface area contributed by atoms with E-state index in [9.17, 15) is 29.4 Å². The van der Waals surface area contributed by atoms with E-state index in [1.807, 2.05) is 35.2 Å². The van der Waals surface area contributed by atoms with Gasteiger partial charge in [0.25, 0.3) is 0 Å². The molecule has 2 heterocycles. The fourth-order valence-electron chi connectivity index (χ4n) is 4.88. The van der Waals surface area contributed by atoms with E-state index < -0.39 is 35.5 Å². The van der Waals surface area contributed by atoms with Crippen molar-refractivity contribution < 1.29 is 38.9 Å². The van der Waals surface area contributed by atoms with Crippen LogP contribution >= 0.6 is 0 Å². The second-order valence-corrected chi connectivity index (χ2v) is 11.2. The smallest absolute Gasteiger partial charge is 0.243 e. The standard InChI is InChI=1S/C31H40N4O8/c1-20(32-27(38)18-35-12-14-42-15-13-35)29(40)34-25(16-22-9-10-23(36)17-26(22)37)30(41)33-24(28(39)31(2)19-43-31)11-8-21-6-4-3-5-7-21/h3-7,9-10,17,20,24-25,36-37H,8,11-16,18-19H2,1-2H3,(H,32,38)(H,33,41)(H,34,40)/t20-,24-,25-,31+/m0/s1. The quantitative estimate of drug-likeness (QED) is 0.194. The Morgan fingerprint density at radius 1 is 0.953 bits per heavy atom. The molecule has 12 heteroatoms. The number of aryl methyl sites for hydroxylation is 1. The molecule has 2 aromatic rings. The molecular formula is C31H40N4O8. The van der Waals surface area contributed by atoms with Crippen LogP contribution in [-0.4, -0.2) is 102 Å². The SMILES string of the molecule is C[C@H](NC(=O)CN1CCOCC1)C(=O)N[C@@H](Cc1ccc(O)cc1O)C(=O)N[C@@H](CCc1ccccc1)C(=O)[C@@]1(C)CO1. The van der Waals surface area contributed by atoms with Crippen LogP contribution in [0.5, 0.6) is 11.5 Å². The molecule has 0 unspecified atom stereocenters. The summed E-state index contributed by atoms with van der Waals surface area (Å²) in [6.07, 6.45) is 0.702. The van der Waals surface area contributed by atoms with Gasteiger partial charge in [0.2, 0.25) is 17.7 Å². The highest BCUT2D eigenvalue weighted by molar-refractivity contribution is 5.98. The Morgan fingerprint density at radius 3 is 2.28 bits per heavy atom. The van der Waals surface area contributed by atoms with Crippen LogP contribution in [0.3, 0.4) is 0 Å². The molecule has 2 saturated heterocycles. The molecule has 2 aliphatic rings. The van der Waals surface area contributed by atoms with Crippen molar-refractivity contribution >= 4 is 23.5 Å². The van der Waals surface area contributed by atoms with Crippen LogP contribution in [0, 0.1) is 0 Å². The summed E-state index contributed by atoms with van der Waals surface area (Å²) in [6.45, 7) is 5.84. The summed E-state index contributed by atoms with van der Waals surface area (Å²) in [6, 6.07) is 10.4. The lowest BCUT2D eigenvalue weighted by atomic mass is 9.94. The van der Waals surface area contributed by atoms with E-state index in [2.05, 4.69) is 16.0 Å². The molecular weight excluding hydrogens is 556 g/mol. The van der Waals surface area contributed by atoms with Gasteiger partial charge in [-0.1, -0.05) is 36.4 Å². The van der Waals surface area contributed by atoms with Crippen molar-refractivity contribution in [3.05, 3.63) is 59.7 Å². The molecule has 0 radical (unpaired) electrons. The van der Waals surface area contributed by atoms with Gasteiger partial charge in [-0.3, -0.25) is 24.1 Å². The maximum Gasteiger partial charge on any atom is 0.243 e. The summed E-state index contributed by atoms with van der Waals surface area (Å²) in [4.78, 5) is 54.7. The molecule has 3 amide bonds. The number of benzene rings is 2. The fraction of sp³-hybridized carbons (Fsp3) is 0.484. The van der Waals surface area contributed by atoms with Crippen molar-refractivity contribution in [1.29, 1.82) is 0 Å². The minimum Gasteiger partial charge on any atom is -0.508 e. The van der Waals surface area contributed by atoms with Gasteiger partial charge < -0.3 is 35.6 Å². The van der Waals surface area contributed by atoms with Gasteiger partial charge in [0, 0.05) is 25.6 Å². The number of phenolic OH excluding ortho intramolecular Hbond substituents is 2. The Bertz CT molecular complexity index is 1290. The van der Waals surface area contributed by atoms with E-state index in [4.69, 9.17) is 9.47 Å². The van der Waals surface area contributed by atoms with Crippen molar-refractivity contribution in [2.24, 2.45) is 0 Å². The molecule has 43 heavy (non-hydrogen) atoms. The number of nitrogens with zero attached hydrogens (tertiary/aromatic N) is 1. The number of Topliss-reactive ketones (excluding diaryl/α,β-unsaturated/α-hetero) is 1. The molecule has 2 fully saturated rings. The predicted molar refractivity (Wildman–Crippen MR) is 156 cm³/mol. The lowest BCUT2D eigenvalue weighted by molar-refractivity contribution is -0.134. The van der Waals surface area contributed by atoms with Gasteiger partial charge in [0.15, 0.2) is 5.78 Å². The first-order valence-electron chi connectivity index (χ1n) is 14.5. The van der Waals surface area contributed by atoms with Crippen molar-refractivity contribution in [3.8, 4) is 11.5 Å². The topological polar surface area (TPSA) is 170 Å². The number of ether oxygens (including phenoxy) is 2. The molecule has 5 N–H and O–H groups in total. The fourth-order valence-corrected chi connectivity index (χ4v) is 4.88. The molecule has 0 aromatic heterocycles. The molecule has 232 valence electrons. The second kappa shape index (κ2) is 14.5. The molecule has 0 saturated carbocycles. The highest BCUT2D eigenvalue weighted by Gasteiger charge is 2.50. The second-order valence-electron chi connectivity index (χ2n) is 11.2. The van der Waals surface area contributed by atoms with Gasteiger partial charge in [0.1, 0.15) is 29.2 Å². The molecule has 4 rings (SSSR count). The van der Waals surface area contributed by atoms with Crippen LogP contribution in [0.2, 0.25) is 0 Å². The molecule has 0 aliphatic carbocycles. The average Bonchev–Trinajstić information content (AvgIpc) is 3.74. The largest absolute Gasteiger partial charge is 0.508 e. The number of hydrogen-bond acceptors (Lipinski definition) is 9. The van der Waals surface area contributed by atoms with E-state index in [-0.39, 0.29) is 42.8 Å². The van der Waals surface area contributed by atoms with E-state index in [0.29, 0.717) is 44.7 Å². The first-order valence-corrected chi connectivity index (χ1v) is 14.5. The lowest BCUT2D eigenvalue weighted by Gasteiger charge is -2.27. The van der Waals surface area contributed by atoms with Crippen molar-refractivity contribution in [3.63, 3.8) is 0 Å². The van der Waals surface area contributed by atoms with Crippen LogP contribution < -0.4 is 16.0 Å². The summed E-state index contributed by atoms with van der Waals surface area (Å²) < 4.78 is 10.7. The van der Waals surface area contributed by atoms with Gasteiger partial charge >= 0.3 is 0 Å². The van der Waals surface area contributed by atoms with Crippen molar-refractivity contribution in [1.82, 2.24) is 20.9 Å². The summed E-state index contributed by atoms with van der Waals surface area (Å²) in [7, 11) is 0. The summed E-state index contributed by atoms with van der Waals surface area (Å²) in [5, 5.41) is 28.2. The number of carbonyl (C=O) groups is 4. The molecule has 4 atom stereocenters. The Kier molecular flexibility index (Phi) is 10.7. The Labute approximate surface area is 250 Å². The maximum atomic E-state index is 13.7. The Hall–Kier alpha value is -4.00. The highest BCUT2D eigenvalue weighted by atomic mass is 16.6.